The Balaban J connectivity index is 2.00. The lowest BCUT2D eigenvalue weighted by atomic mass is 10.0. The Morgan fingerprint density at radius 2 is 1.60 bits per heavy atom. The number of rotatable bonds is 11. The number of nitrogens with zero attached hydrogens (tertiary/aromatic N) is 3. The molecule has 0 fully saturated rings. The van der Waals surface area contributed by atoms with Crippen molar-refractivity contribution in [3.05, 3.63) is 66.9 Å². The van der Waals surface area contributed by atoms with Gasteiger partial charge in [0.15, 0.2) is 0 Å². The number of benzene rings is 2. The molecule has 35 heavy (non-hydrogen) atoms. The molecule has 3 N–H and O–H groups in total. The topological polar surface area (TPSA) is 128 Å². The lowest BCUT2D eigenvalue weighted by Gasteiger charge is -2.35. The average Bonchev–Trinajstić information content (AvgIpc) is 2.82. The minimum Gasteiger partial charge on any atom is -0.348 e. The predicted molar refractivity (Wildman–Crippen MR) is 136 cm³/mol. The summed E-state index contributed by atoms with van der Waals surface area (Å²) in [6.07, 6.45) is 2.52. The Morgan fingerprint density at radius 1 is 1.03 bits per heavy atom. The van der Waals surface area contributed by atoms with E-state index in [0.717, 1.165) is 28.9 Å². The molecule has 186 valence electrons. The van der Waals surface area contributed by atoms with E-state index in [0.29, 0.717) is 12.2 Å². The van der Waals surface area contributed by atoms with Crippen LogP contribution < -0.4 is 14.8 Å². The van der Waals surface area contributed by atoms with E-state index in [-0.39, 0.29) is 6.04 Å². The fraction of sp³-hybridized carbons (Fsp3) is 0.320. The van der Waals surface area contributed by atoms with Crippen molar-refractivity contribution in [1.82, 2.24) is 14.7 Å². The Labute approximate surface area is 206 Å². The number of nitrogens with two attached hydrogens (primary N) is 1. The molecule has 0 saturated carbocycles. The summed E-state index contributed by atoms with van der Waals surface area (Å²) in [5.74, 6) is -0.253. The fourth-order valence-electron chi connectivity index (χ4n) is 3.76. The second-order valence-electron chi connectivity index (χ2n) is 8.28. The van der Waals surface area contributed by atoms with Gasteiger partial charge >= 0.3 is 0 Å². The van der Waals surface area contributed by atoms with E-state index in [2.05, 4.69) is 0 Å². The van der Waals surface area contributed by atoms with E-state index in [1.165, 1.54) is 0 Å². The highest BCUT2D eigenvalue weighted by Crippen LogP contribution is 2.32. The maximum atomic E-state index is 12.0. The molecule has 0 saturated heterocycles. The van der Waals surface area contributed by atoms with Crippen LogP contribution in [-0.2, 0) is 19.7 Å². The third-order valence-electron chi connectivity index (χ3n) is 5.18. The van der Waals surface area contributed by atoms with E-state index in [1.54, 1.807) is 10.9 Å². The van der Waals surface area contributed by atoms with Crippen molar-refractivity contribution in [2.24, 2.45) is 5.14 Å². The zero-order chi connectivity index (χ0) is 25.4. The lowest BCUT2D eigenvalue weighted by Crippen LogP contribution is -2.45. The van der Waals surface area contributed by atoms with Gasteiger partial charge in [-0.2, -0.15) is 8.42 Å². The number of hydrogen-bond acceptors (Lipinski definition) is 7. The largest absolute Gasteiger partial charge is 0.348 e. The maximum absolute atomic E-state index is 12.0. The van der Waals surface area contributed by atoms with Gasteiger partial charge in [0.05, 0.1) is 17.6 Å². The fourth-order valence-corrected chi connectivity index (χ4v) is 4.14. The number of amides is 1. The summed E-state index contributed by atoms with van der Waals surface area (Å²) >= 11 is 0. The Kier molecular flexibility index (Phi) is 8.91. The first-order valence-electron chi connectivity index (χ1n) is 11.4. The van der Waals surface area contributed by atoms with Crippen LogP contribution in [0.2, 0.25) is 0 Å². The average molecular weight is 498 g/mol. The van der Waals surface area contributed by atoms with Gasteiger partial charge in [0.25, 0.3) is 16.1 Å². The van der Waals surface area contributed by atoms with Crippen molar-refractivity contribution in [2.45, 2.75) is 45.9 Å². The highest BCUT2D eigenvalue weighted by Gasteiger charge is 2.26. The van der Waals surface area contributed by atoms with Crippen LogP contribution in [0.4, 0.5) is 5.82 Å². The van der Waals surface area contributed by atoms with Crippen LogP contribution in [0, 0.1) is 0 Å². The summed E-state index contributed by atoms with van der Waals surface area (Å²) < 4.78 is 29.9. The Morgan fingerprint density at radius 3 is 2.11 bits per heavy atom. The smallest absolute Gasteiger partial charge is 0.298 e. The van der Waals surface area contributed by atoms with Crippen molar-refractivity contribution < 1.29 is 17.9 Å². The summed E-state index contributed by atoms with van der Waals surface area (Å²) in [5, 5.41) is 4.89. The van der Waals surface area contributed by atoms with Gasteiger partial charge in [0.1, 0.15) is 18.7 Å². The van der Waals surface area contributed by atoms with E-state index < -0.39 is 29.0 Å². The minimum absolute atomic E-state index is 0.0478. The molecule has 0 spiro atoms. The number of aromatic nitrogens is 2. The monoisotopic (exact) mass is 497 g/mol. The summed E-state index contributed by atoms with van der Waals surface area (Å²) in [6.45, 7) is 5.51. The van der Waals surface area contributed by atoms with Crippen LogP contribution in [0.25, 0.3) is 22.5 Å². The maximum Gasteiger partial charge on any atom is 0.298 e. The summed E-state index contributed by atoms with van der Waals surface area (Å²) in [7, 11) is -4.16. The molecule has 0 aliphatic rings. The van der Waals surface area contributed by atoms with E-state index >= 15 is 0 Å². The SMILES string of the molecule is CCCC(OCC(=O)NS(N)(=O)=O)N(c1cnc(-c2ccccc2)c(-c2ccccc2)n1)C(C)C. The van der Waals surface area contributed by atoms with Crippen LogP contribution >= 0.6 is 0 Å². The molecule has 1 unspecified atom stereocenters. The van der Waals surface area contributed by atoms with Gasteiger partial charge in [-0.3, -0.25) is 9.78 Å². The molecule has 1 atom stereocenters. The zero-order valence-electron chi connectivity index (χ0n) is 20.1. The highest BCUT2D eigenvalue weighted by atomic mass is 32.2. The number of carbonyl (C=O) groups is 1. The van der Waals surface area contributed by atoms with Gasteiger partial charge in [-0.25, -0.2) is 14.8 Å². The third-order valence-corrected chi connectivity index (χ3v) is 5.70. The lowest BCUT2D eigenvalue weighted by molar-refractivity contribution is -0.126. The molecule has 1 amide bonds. The minimum atomic E-state index is -4.16. The van der Waals surface area contributed by atoms with Crippen LogP contribution in [0.1, 0.15) is 33.6 Å². The van der Waals surface area contributed by atoms with Gasteiger partial charge < -0.3 is 9.64 Å². The van der Waals surface area contributed by atoms with E-state index in [1.807, 2.05) is 86.3 Å². The molecule has 1 aromatic heterocycles. The summed E-state index contributed by atoms with van der Waals surface area (Å²) in [5.41, 5.74) is 3.35. The van der Waals surface area contributed by atoms with Crippen molar-refractivity contribution >= 4 is 21.9 Å². The number of carbonyl (C=O) groups excluding carboxylic acids is 1. The molecule has 3 rings (SSSR count). The first kappa shape index (κ1) is 26.3. The van der Waals surface area contributed by atoms with Gasteiger partial charge in [-0.05, 0) is 20.3 Å². The van der Waals surface area contributed by atoms with E-state index in [4.69, 9.17) is 19.8 Å². The molecule has 1 heterocycles. The predicted octanol–water partition coefficient (Wildman–Crippen LogP) is 3.49. The normalized spacial score (nSPS) is 12.4. The second-order valence-corrected chi connectivity index (χ2v) is 9.58. The van der Waals surface area contributed by atoms with Gasteiger partial charge in [-0.15, -0.1) is 0 Å². The molecular weight excluding hydrogens is 466 g/mol. The quantitative estimate of drug-likeness (QED) is 0.388. The standard InChI is InChI=1S/C25H31N5O4S/c1-4-11-23(34-17-22(31)29-35(26,32)33)30(18(2)3)21-16-27-24(19-12-7-5-8-13-19)25(28-21)20-14-9-6-10-15-20/h5-10,12-16,18,23H,4,11,17H2,1-3H3,(H,29,31)(H2,26,32,33). The van der Waals surface area contributed by atoms with E-state index in [9.17, 15) is 13.2 Å². The molecular formula is C25H31N5O4S. The zero-order valence-corrected chi connectivity index (χ0v) is 20.9. The number of anilines is 1. The Bertz CT molecular complexity index is 1220. The Hall–Kier alpha value is -3.34. The first-order valence-corrected chi connectivity index (χ1v) is 13.0. The van der Waals surface area contributed by atoms with Gasteiger partial charge in [-0.1, -0.05) is 74.0 Å². The number of ether oxygens (including phenoxy) is 1. The van der Waals surface area contributed by atoms with Crippen LogP contribution in [0.15, 0.2) is 66.9 Å². The molecule has 3 aromatic rings. The number of hydrogen-bond donors (Lipinski definition) is 2. The molecule has 10 heteroatoms. The molecule has 0 radical (unpaired) electrons. The molecule has 0 aliphatic carbocycles. The highest BCUT2D eigenvalue weighted by molar-refractivity contribution is 7.87. The van der Waals surface area contributed by atoms with Gasteiger partial charge in [0.2, 0.25) is 0 Å². The van der Waals surface area contributed by atoms with Gasteiger partial charge in [0, 0.05) is 17.2 Å². The molecule has 0 bridgehead atoms. The van der Waals surface area contributed by atoms with Crippen LogP contribution in [0.3, 0.4) is 0 Å². The first-order chi connectivity index (χ1) is 16.7. The molecule has 0 aliphatic heterocycles. The molecule has 9 nitrogen and oxygen atoms in total. The van der Waals surface area contributed by atoms with Crippen molar-refractivity contribution in [3.63, 3.8) is 0 Å². The van der Waals surface area contributed by atoms with Crippen molar-refractivity contribution in [3.8, 4) is 22.5 Å². The van der Waals surface area contributed by atoms with Crippen LogP contribution in [-0.4, -0.2) is 43.2 Å². The van der Waals surface area contributed by atoms with Crippen molar-refractivity contribution in [2.75, 3.05) is 11.5 Å². The summed E-state index contributed by atoms with van der Waals surface area (Å²) in [4.78, 5) is 23.7. The third kappa shape index (κ3) is 7.32. The molecule has 2 aromatic carbocycles. The van der Waals surface area contributed by atoms with Crippen LogP contribution in [0.5, 0.6) is 0 Å². The number of nitrogens with one attached hydrogen (secondary N) is 1. The summed E-state index contributed by atoms with van der Waals surface area (Å²) in [6, 6.07) is 19.6. The van der Waals surface area contributed by atoms with Crippen molar-refractivity contribution in [1.29, 1.82) is 0 Å². The second kappa shape index (κ2) is 11.9.